The molecule has 7 atom stereocenters. The molecule has 13 heteroatoms. The van der Waals surface area contributed by atoms with Crippen molar-refractivity contribution in [3.8, 4) is 11.5 Å². The second-order valence-electron chi connectivity index (χ2n) is 18.8. The minimum Gasteiger partial charge on any atom is -0.459 e. The Balaban J connectivity index is 1.35. The van der Waals surface area contributed by atoms with Crippen LogP contribution in [0.5, 0.6) is 11.5 Å². The Morgan fingerprint density at radius 1 is 0.925 bits per heavy atom. The van der Waals surface area contributed by atoms with Crippen molar-refractivity contribution in [2.75, 3.05) is 40.0 Å². The largest absolute Gasteiger partial charge is 0.459 e. The van der Waals surface area contributed by atoms with Crippen LogP contribution in [-0.2, 0) is 25.7 Å². The lowest BCUT2D eigenvalue weighted by Crippen LogP contribution is -2.69. The number of aliphatic hydroxyl groups is 2. The number of likely N-dealkylation sites (N-methyl/N-ethyl adjacent to an activating group) is 1. The maximum atomic E-state index is 14.3. The average Bonchev–Trinajstić information content (AvgIpc) is 3.35. The fraction of sp³-hybridized carbons (Fsp3) is 0.648. The summed E-state index contributed by atoms with van der Waals surface area (Å²) in [5, 5.41) is 27.8. The molecule has 2 aliphatic heterocycles. The SMILES string of the molecule is C=CCOC12Oc3ccc(OC(=O)NCCCCCCCCCCCC)cc3C3C(CCCCO)C(CCCCO)C=C(C(=NOC4CCCCO4)CC1N(C)C(=O)OCc1ccccc1)C32. The quantitative estimate of drug-likeness (QED) is 0.0426. The van der Waals surface area contributed by atoms with Crippen LogP contribution in [0.4, 0.5) is 9.59 Å². The second-order valence-corrected chi connectivity index (χ2v) is 18.8. The third kappa shape index (κ3) is 14.3. The first-order valence-corrected chi connectivity index (χ1v) is 25.6. The number of oxime groups is 1. The van der Waals surface area contributed by atoms with Crippen LogP contribution < -0.4 is 14.8 Å². The van der Waals surface area contributed by atoms with Gasteiger partial charge in [-0.2, -0.15) is 0 Å². The molecular formula is C54H79N3O10. The molecule has 2 aromatic rings. The van der Waals surface area contributed by atoms with Gasteiger partial charge in [-0.05, 0) is 86.1 Å². The molecule has 1 saturated heterocycles. The summed E-state index contributed by atoms with van der Waals surface area (Å²) in [4.78, 5) is 35.4. The molecule has 2 fully saturated rings. The first-order chi connectivity index (χ1) is 32.8. The zero-order valence-corrected chi connectivity index (χ0v) is 40.4. The zero-order chi connectivity index (χ0) is 47.3. The number of amides is 2. The molecule has 2 aliphatic carbocycles. The van der Waals surface area contributed by atoms with E-state index < -0.39 is 36.2 Å². The highest BCUT2D eigenvalue weighted by Crippen LogP contribution is 2.62. The number of unbranched alkanes of at least 4 members (excludes halogenated alkanes) is 11. The summed E-state index contributed by atoms with van der Waals surface area (Å²) < 4.78 is 32.2. The highest BCUT2D eigenvalue weighted by atomic mass is 16.8. The van der Waals surface area contributed by atoms with E-state index in [4.69, 9.17) is 33.7 Å². The number of nitrogens with zero attached hydrogens (tertiary/aromatic N) is 2. The van der Waals surface area contributed by atoms with Gasteiger partial charge in [0.15, 0.2) is 0 Å². The molecule has 2 heterocycles. The van der Waals surface area contributed by atoms with Gasteiger partial charge in [-0.15, -0.1) is 6.58 Å². The normalized spacial score (nSPS) is 24.7. The standard InChI is InChI=1S/C54H79N3O10/c1-4-6-7-8-9-10-11-12-13-20-31-55-52(60)65-42-29-30-47-45(37-42)50-43(27-18-22-33-59)41(26-17-21-32-58)36-44-46(56-67-49-28-19-23-35-62-49)38-48(54(66-47,51(44)50)64-34-5-2)57(3)53(61)63-39-40-24-15-14-16-25-40/h5,14-16,24-25,29-30,36-37,41,43,48-51,58-59H,2,4,6-13,17-23,26-28,31-35,38-39H2,1,3H3,(H,55,60). The highest BCUT2D eigenvalue weighted by molar-refractivity contribution is 6.03. The molecule has 13 nitrogen and oxygen atoms in total. The van der Waals surface area contributed by atoms with Gasteiger partial charge in [0.1, 0.15) is 24.1 Å². The fourth-order valence-corrected chi connectivity index (χ4v) is 10.6. The van der Waals surface area contributed by atoms with Gasteiger partial charge >= 0.3 is 12.2 Å². The van der Waals surface area contributed by atoms with Crippen molar-refractivity contribution in [3.05, 3.63) is 84.0 Å². The molecule has 67 heavy (non-hydrogen) atoms. The van der Waals surface area contributed by atoms with Crippen LogP contribution in [0.1, 0.15) is 152 Å². The number of hydrogen-bond donors (Lipinski definition) is 3. The van der Waals surface area contributed by atoms with E-state index in [-0.39, 0.29) is 50.6 Å². The summed E-state index contributed by atoms with van der Waals surface area (Å²) in [6, 6.07) is 14.3. The average molecular weight is 930 g/mol. The molecule has 0 radical (unpaired) electrons. The number of ether oxygens (including phenoxy) is 5. The number of nitrogens with one attached hydrogen (secondary N) is 1. The van der Waals surface area contributed by atoms with Gasteiger partial charge in [0.05, 0.1) is 24.8 Å². The fourth-order valence-electron chi connectivity index (χ4n) is 10.6. The van der Waals surface area contributed by atoms with Gasteiger partial charge in [-0.1, -0.05) is 125 Å². The third-order valence-corrected chi connectivity index (χ3v) is 14.0. The van der Waals surface area contributed by atoms with Crippen molar-refractivity contribution in [1.29, 1.82) is 0 Å². The van der Waals surface area contributed by atoms with E-state index in [2.05, 4.69) is 24.9 Å². The Morgan fingerprint density at radius 3 is 2.36 bits per heavy atom. The van der Waals surface area contributed by atoms with Crippen molar-refractivity contribution < 1.29 is 48.3 Å². The van der Waals surface area contributed by atoms with E-state index in [1.807, 2.05) is 42.5 Å². The number of hydrogen-bond acceptors (Lipinski definition) is 11. The summed E-state index contributed by atoms with van der Waals surface area (Å²) in [6.07, 6.45) is 21.9. The Kier molecular flexibility index (Phi) is 21.4. The molecule has 370 valence electrons. The lowest BCUT2D eigenvalue weighted by Gasteiger charge is -2.59. The molecule has 0 aromatic heterocycles. The van der Waals surface area contributed by atoms with Crippen LogP contribution in [0.2, 0.25) is 0 Å². The van der Waals surface area contributed by atoms with Gasteiger partial charge in [0.25, 0.3) is 0 Å². The topological polar surface area (TPSA) is 158 Å². The van der Waals surface area contributed by atoms with Gasteiger partial charge in [-0.25, -0.2) is 9.59 Å². The summed E-state index contributed by atoms with van der Waals surface area (Å²) in [7, 11) is 1.72. The summed E-state index contributed by atoms with van der Waals surface area (Å²) in [5.74, 6) is -1.24. The van der Waals surface area contributed by atoms with E-state index in [9.17, 15) is 19.8 Å². The number of allylic oxidation sites excluding steroid dienone is 1. The minimum absolute atomic E-state index is 0.00620. The summed E-state index contributed by atoms with van der Waals surface area (Å²) >= 11 is 0. The van der Waals surface area contributed by atoms with Crippen LogP contribution in [-0.4, -0.2) is 91.2 Å². The van der Waals surface area contributed by atoms with Crippen molar-refractivity contribution in [2.45, 2.75) is 166 Å². The Bertz CT molecular complexity index is 1890. The van der Waals surface area contributed by atoms with Crippen LogP contribution in [0.3, 0.4) is 0 Å². The van der Waals surface area contributed by atoms with Crippen molar-refractivity contribution >= 4 is 17.9 Å². The van der Waals surface area contributed by atoms with E-state index >= 15 is 0 Å². The van der Waals surface area contributed by atoms with Gasteiger partial charge in [0.2, 0.25) is 12.1 Å². The maximum absolute atomic E-state index is 14.3. The van der Waals surface area contributed by atoms with E-state index in [1.54, 1.807) is 24.1 Å². The second kappa shape index (κ2) is 27.5. The molecule has 2 aromatic carbocycles. The molecule has 7 unspecified atom stereocenters. The van der Waals surface area contributed by atoms with Crippen LogP contribution in [0.15, 0.2) is 78.0 Å². The molecular weight excluding hydrogens is 851 g/mol. The van der Waals surface area contributed by atoms with Gasteiger partial charge in [-0.3, -0.25) is 0 Å². The van der Waals surface area contributed by atoms with E-state index in [0.29, 0.717) is 49.6 Å². The number of rotatable bonds is 28. The monoisotopic (exact) mass is 930 g/mol. The summed E-state index contributed by atoms with van der Waals surface area (Å²) in [5.41, 5.74) is 3.30. The van der Waals surface area contributed by atoms with Crippen molar-refractivity contribution in [3.63, 3.8) is 0 Å². The molecule has 1 saturated carbocycles. The molecule has 4 aliphatic rings. The number of carbonyl (C=O) groups excluding carboxylic acids is 2. The summed E-state index contributed by atoms with van der Waals surface area (Å²) in [6.45, 7) is 7.77. The number of aliphatic hydroxyl groups excluding tert-OH is 2. The van der Waals surface area contributed by atoms with Crippen LogP contribution in [0.25, 0.3) is 0 Å². The lowest BCUT2D eigenvalue weighted by molar-refractivity contribution is -0.254. The van der Waals surface area contributed by atoms with Crippen LogP contribution in [0, 0.1) is 17.8 Å². The number of carbonyl (C=O) groups is 2. The first kappa shape index (κ1) is 52.0. The first-order valence-electron chi connectivity index (χ1n) is 25.6. The van der Waals surface area contributed by atoms with E-state index in [1.165, 1.54) is 44.9 Å². The molecule has 2 amide bonds. The Labute approximate surface area is 399 Å². The maximum Gasteiger partial charge on any atom is 0.412 e. The molecule has 0 spiro atoms. The molecule has 0 bridgehead atoms. The molecule has 6 rings (SSSR count). The lowest BCUT2D eigenvalue weighted by atomic mass is 9.55. The zero-order valence-electron chi connectivity index (χ0n) is 40.4. The minimum atomic E-state index is -1.45. The molecule has 3 N–H and O–H groups in total. The predicted octanol–water partition coefficient (Wildman–Crippen LogP) is 11.1. The van der Waals surface area contributed by atoms with Crippen LogP contribution >= 0.6 is 0 Å². The Morgan fingerprint density at radius 2 is 1.66 bits per heavy atom. The van der Waals surface area contributed by atoms with Gasteiger partial charge < -0.3 is 49.0 Å². The number of fused-ring (bicyclic) bond motifs is 2. The number of benzene rings is 2. The Hall–Kier alpha value is -4.43. The van der Waals surface area contributed by atoms with E-state index in [0.717, 1.165) is 74.5 Å². The van der Waals surface area contributed by atoms with Crippen molar-refractivity contribution in [1.82, 2.24) is 10.2 Å². The highest BCUT2D eigenvalue weighted by Gasteiger charge is 2.65. The smallest absolute Gasteiger partial charge is 0.412 e. The third-order valence-electron chi connectivity index (χ3n) is 14.0. The van der Waals surface area contributed by atoms with Gasteiger partial charge in [0, 0.05) is 51.1 Å². The van der Waals surface area contributed by atoms with Crippen molar-refractivity contribution in [2.24, 2.45) is 22.9 Å². The predicted molar refractivity (Wildman–Crippen MR) is 260 cm³/mol.